The van der Waals surface area contributed by atoms with Crippen LogP contribution < -0.4 is 0 Å². The van der Waals surface area contributed by atoms with Crippen molar-refractivity contribution in [1.29, 1.82) is 0 Å². The lowest BCUT2D eigenvalue weighted by Gasteiger charge is -2.19. The second-order valence-corrected chi connectivity index (χ2v) is 7.46. The highest BCUT2D eigenvalue weighted by Gasteiger charge is 2.28. The van der Waals surface area contributed by atoms with Gasteiger partial charge in [-0.25, -0.2) is 9.59 Å². The molecule has 0 fully saturated rings. The summed E-state index contributed by atoms with van der Waals surface area (Å²) >= 11 is 1.19. The van der Waals surface area contributed by atoms with Crippen molar-refractivity contribution in [3.8, 4) is 0 Å². The van der Waals surface area contributed by atoms with E-state index in [1.807, 2.05) is 20.8 Å². The molecule has 0 amide bonds. The van der Waals surface area contributed by atoms with Crippen molar-refractivity contribution < 1.29 is 19.4 Å². The molecule has 106 valence electrons. The van der Waals surface area contributed by atoms with Crippen LogP contribution in [0.3, 0.4) is 0 Å². The van der Waals surface area contributed by atoms with Crippen LogP contribution in [0.2, 0.25) is 0 Å². The Kier molecular flexibility index (Phi) is 4.10. The van der Waals surface area contributed by atoms with E-state index in [4.69, 9.17) is 4.74 Å². The highest BCUT2D eigenvalue weighted by Crippen LogP contribution is 2.33. The molecule has 0 radical (unpaired) electrons. The Morgan fingerprint density at radius 2 is 1.68 bits per heavy atom. The summed E-state index contributed by atoms with van der Waals surface area (Å²) in [5.41, 5.74) is -0.822. The fraction of sp³-hybridized carbons (Fsp3) is 0.571. The predicted octanol–water partition coefficient (Wildman–Crippen LogP) is 3.70. The third kappa shape index (κ3) is 4.06. The molecular formula is C14H20O4S. The minimum absolute atomic E-state index is 0.0178. The first kappa shape index (κ1) is 15.7. The number of esters is 1. The monoisotopic (exact) mass is 284 g/mol. The highest BCUT2D eigenvalue weighted by molar-refractivity contribution is 7.14. The Morgan fingerprint density at radius 3 is 2.05 bits per heavy atom. The Balaban J connectivity index is 3.23. The molecule has 4 nitrogen and oxygen atoms in total. The summed E-state index contributed by atoms with van der Waals surface area (Å²) in [7, 11) is 0. The van der Waals surface area contributed by atoms with Gasteiger partial charge in [0.25, 0.3) is 0 Å². The molecule has 0 atom stereocenters. The van der Waals surface area contributed by atoms with Crippen molar-refractivity contribution in [3.05, 3.63) is 21.4 Å². The molecule has 5 heteroatoms. The second kappa shape index (κ2) is 4.96. The zero-order valence-electron chi connectivity index (χ0n) is 12.2. The number of thiophene rings is 1. The van der Waals surface area contributed by atoms with Crippen LogP contribution in [0.4, 0.5) is 0 Å². The van der Waals surface area contributed by atoms with Gasteiger partial charge in [-0.15, -0.1) is 11.3 Å². The summed E-state index contributed by atoms with van der Waals surface area (Å²) in [6.45, 7) is 11.2. The fourth-order valence-electron chi connectivity index (χ4n) is 1.40. The van der Waals surface area contributed by atoms with E-state index in [1.165, 1.54) is 11.3 Å². The van der Waals surface area contributed by atoms with Gasteiger partial charge in [0.1, 0.15) is 10.5 Å². The lowest BCUT2D eigenvalue weighted by Crippen LogP contribution is -2.24. The van der Waals surface area contributed by atoms with Gasteiger partial charge in [0.2, 0.25) is 0 Å². The first-order valence-corrected chi connectivity index (χ1v) is 6.84. The predicted molar refractivity (Wildman–Crippen MR) is 75.1 cm³/mol. The molecule has 0 aliphatic carbocycles. The summed E-state index contributed by atoms with van der Waals surface area (Å²) in [4.78, 5) is 24.3. The van der Waals surface area contributed by atoms with Crippen LogP contribution in [0.15, 0.2) is 6.07 Å². The van der Waals surface area contributed by atoms with Crippen molar-refractivity contribution in [1.82, 2.24) is 0 Å². The number of aromatic carboxylic acids is 1. The maximum Gasteiger partial charge on any atom is 0.349 e. The van der Waals surface area contributed by atoms with Gasteiger partial charge in [-0.3, -0.25) is 0 Å². The number of carbonyl (C=O) groups excluding carboxylic acids is 1. The molecule has 0 saturated heterocycles. The van der Waals surface area contributed by atoms with E-state index in [1.54, 1.807) is 26.8 Å². The molecule has 1 aromatic rings. The largest absolute Gasteiger partial charge is 0.478 e. The molecule has 0 saturated carbocycles. The van der Waals surface area contributed by atoms with E-state index in [-0.39, 0.29) is 15.9 Å². The highest BCUT2D eigenvalue weighted by atomic mass is 32.1. The first-order valence-electron chi connectivity index (χ1n) is 6.03. The Labute approximate surface area is 117 Å². The summed E-state index contributed by atoms with van der Waals surface area (Å²) in [5, 5.41) is 9.19. The standard InChI is InChI=1S/C14H20O4S/c1-13(2,3)9-7-8(11(15)16)10(19-9)12(17)18-14(4,5)6/h7H,1-6H3,(H,15,16). The van der Waals surface area contributed by atoms with Gasteiger partial charge in [0.05, 0.1) is 5.56 Å². The summed E-state index contributed by atoms with van der Waals surface area (Å²) in [6.07, 6.45) is 0. The van der Waals surface area contributed by atoms with Gasteiger partial charge >= 0.3 is 11.9 Å². The van der Waals surface area contributed by atoms with Crippen molar-refractivity contribution in [2.24, 2.45) is 0 Å². The molecule has 0 spiro atoms. The first-order chi connectivity index (χ1) is 8.42. The summed E-state index contributed by atoms with van der Waals surface area (Å²) in [6, 6.07) is 1.56. The van der Waals surface area contributed by atoms with Crippen molar-refractivity contribution in [2.75, 3.05) is 0 Å². The number of carboxylic acids is 1. The normalized spacial score (nSPS) is 12.3. The number of rotatable bonds is 2. The summed E-state index contributed by atoms with van der Waals surface area (Å²) < 4.78 is 5.25. The van der Waals surface area contributed by atoms with Crippen LogP contribution in [0, 0.1) is 0 Å². The zero-order valence-corrected chi connectivity index (χ0v) is 13.0. The maximum atomic E-state index is 12.1. The van der Waals surface area contributed by atoms with Gasteiger partial charge in [-0.05, 0) is 32.3 Å². The number of ether oxygens (including phenoxy) is 1. The van der Waals surface area contributed by atoms with E-state index in [9.17, 15) is 14.7 Å². The Bertz CT molecular complexity index is 500. The van der Waals surface area contributed by atoms with E-state index >= 15 is 0 Å². The molecule has 0 unspecified atom stereocenters. The maximum absolute atomic E-state index is 12.1. The van der Waals surface area contributed by atoms with Crippen LogP contribution in [-0.4, -0.2) is 22.6 Å². The molecule has 1 aromatic heterocycles. The molecule has 1 N–H and O–H groups in total. The Morgan fingerprint density at radius 1 is 1.16 bits per heavy atom. The van der Waals surface area contributed by atoms with Gasteiger partial charge in [-0.2, -0.15) is 0 Å². The topological polar surface area (TPSA) is 63.6 Å². The lowest BCUT2D eigenvalue weighted by molar-refractivity contribution is 0.00718. The molecular weight excluding hydrogens is 264 g/mol. The van der Waals surface area contributed by atoms with Crippen LogP contribution in [0.5, 0.6) is 0 Å². The minimum atomic E-state index is -1.10. The number of hydrogen-bond acceptors (Lipinski definition) is 4. The van der Waals surface area contributed by atoms with E-state index in [2.05, 4.69) is 0 Å². The van der Waals surface area contributed by atoms with E-state index < -0.39 is 17.5 Å². The minimum Gasteiger partial charge on any atom is -0.478 e. The quantitative estimate of drug-likeness (QED) is 0.841. The molecule has 0 aliphatic rings. The molecule has 1 heterocycles. The van der Waals surface area contributed by atoms with Crippen LogP contribution >= 0.6 is 11.3 Å². The lowest BCUT2D eigenvalue weighted by atomic mass is 9.94. The van der Waals surface area contributed by atoms with Crippen molar-refractivity contribution in [2.45, 2.75) is 52.6 Å². The number of hydrogen-bond donors (Lipinski definition) is 1. The third-order valence-corrected chi connectivity index (χ3v) is 3.83. The Hall–Kier alpha value is -1.36. The van der Waals surface area contributed by atoms with Crippen LogP contribution in [0.25, 0.3) is 0 Å². The van der Waals surface area contributed by atoms with Crippen LogP contribution in [0.1, 0.15) is 66.4 Å². The third-order valence-electron chi connectivity index (χ3n) is 2.29. The van der Waals surface area contributed by atoms with Gasteiger partial charge in [0, 0.05) is 4.88 Å². The number of carboxylic acid groups (broad SMARTS) is 1. The summed E-state index contributed by atoms with van der Waals surface area (Å²) in [5.74, 6) is -1.68. The smallest absolute Gasteiger partial charge is 0.349 e. The zero-order chi connectivity index (χ0) is 15.0. The molecule has 1 rings (SSSR count). The van der Waals surface area contributed by atoms with E-state index in [0.29, 0.717) is 0 Å². The van der Waals surface area contributed by atoms with Gasteiger partial charge in [0.15, 0.2) is 0 Å². The number of carbonyl (C=O) groups is 2. The van der Waals surface area contributed by atoms with Crippen molar-refractivity contribution in [3.63, 3.8) is 0 Å². The molecule has 0 aliphatic heterocycles. The second-order valence-electron chi connectivity index (χ2n) is 6.41. The molecule has 0 bridgehead atoms. The van der Waals surface area contributed by atoms with Crippen molar-refractivity contribution >= 4 is 23.3 Å². The SMILES string of the molecule is CC(C)(C)OC(=O)c1sc(C(C)(C)C)cc1C(=O)O. The molecule has 0 aromatic carbocycles. The van der Waals surface area contributed by atoms with E-state index in [0.717, 1.165) is 4.88 Å². The molecule has 19 heavy (non-hydrogen) atoms. The fourth-order valence-corrected chi connectivity index (χ4v) is 2.48. The average molecular weight is 284 g/mol. The van der Waals surface area contributed by atoms with Gasteiger partial charge in [-0.1, -0.05) is 20.8 Å². The van der Waals surface area contributed by atoms with Gasteiger partial charge < -0.3 is 9.84 Å². The average Bonchev–Trinajstić information content (AvgIpc) is 2.57. The van der Waals surface area contributed by atoms with Crippen LogP contribution in [-0.2, 0) is 10.2 Å².